The fourth-order valence-electron chi connectivity index (χ4n) is 10.2. The Balaban J connectivity index is 1.03. The van der Waals surface area contributed by atoms with Crippen LogP contribution in [0.1, 0.15) is 22.3 Å². The lowest BCUT2D eigenvalue weighted by Gasteiger charge is -2.40. The van der Waals surface area contributed by atoms with Crippen molar-refractivity contribution in [2.75, 3.05) is 15.1 Å². The third-order valence-corrected chi connectivity index (χ3v) is 13.9. The minimum Gasteiger partial charge on any atom is -0.455 e. The second kappa shape index (κ2) is 13.6. The Labute approximate surface area is 363 Å². The summed E-state index contributed by atoms with van der Waals surface area (Å²) in [4.78, 5) is 4.55. The molecular weight excluding hydrogens is 779 g/mol. The number of nitrogens with zero attached hydrogens (tertiary/aromatic N) is 2. The molecule has 1 aromatic heterocycles. The van der Waals surface area contributed by atoms with Crippen LogP contribution in [0.3, 0.4) is 0 Å². The summed E-state index contributed by atoms with van der Waals surface area (Å²) >= 11 is 1.81. The van der Waals surface area contributed by atoms with Crippen LogP contribution in [0.15, 0.2) is 212 Å². The SMILES string of the molecule is c1ccc(N(c2ccccc2)c2ccc3c(c2)sc2c4c(ccc23)C2(c3ccc(N(c5ccccc5)C5Nc6ccccc6O5)cc3O4)c3ccccc3-c3ccccc32)cc1. The number of ether oxygens (including phenoxy) is 2. The Kier molecular flexibility index (Phi) is 7.68. The molecule has 3 aliphatic rings. The van der Waals surface area contributed by atoms with Crippen molar-refractivity contribution in [3.05, 3.63) is 235 Å². The van der Waals surface area contributed by atoms with Crippen molar-refractivity contribution in [3.8, 4) is 28.4 Å². The topological polar surface area (TPSA) is 37.0 Å². The van der Waals surface area contributed by atoms with E-state index < -0.39 is 11.8 Å². The van der Waals surface area contributed by atoms with E-state index in [1.807, 2.05) is 24.3 Å². The monoisotopic (exact) mass is 815 g/mol. The highest BCUT2D eigenvalue weighted by atomic mass is 32.1. The number of nitrogens with one attached hydrogen (secondary N) is 1. The summed E-state index contributed by atoms with van der Waals surface area (Å²) in [5, 5.41) is 6.03. The first-order valence-electron chi connectivity index (χ1n) is 21.0. The Morgan fingerprint density at radius 3 is 1.73 bits per heavy atom. The minimum atomic E-state index is -0.614. The van der Waals surface area contributed by atoms with Crippen molar-refractivity contribution in [3.63, 3.8) is 0 Å². The number of thiophene rings is 1. The third-order valence-electron chi connectivity index (χ3n) is 12.8. The smallest absolute Gasteiger partial charge is 0.255 e. The first kappa shape index (κ1) is 35.0. The van der Waals surface area contributed by atoms with Crippen LogP contribution < -0.4 is 24.6 Å². The van der Waals surface area contributed by atoms with Gasteiger partial charge in [0.2, 0.25) is 0 Å². The van der Waals surface area contributed by atoms with Gasteiger partial charge in [0.15, 0.2) is 0 Å². The summed E-state index contributed by atoms with van der Waals surface area (Å²) in [6, 6.07) is 75.8. The summed E-state index contributed by atoms with van der Waals surface area (Å²) in [6.45, 7) is 0. The number of fused-ring (bicyclic) bond motifs is 14. The van der Waals surface area contributed by atoms with Crippen molar-refractivity contribution < 1.29 is 9.47 Å². The molecule has 1 aliphatic carbocycles. The van der Waals surface area contributed by atoms with Gasteiger partial charge in [-0.25, -0.2) is 0 Å². The Bertz CT molecular complexity index is 3260. The van der Waals surface area contributed by atoms with Gasteiger partial charge in [-0.2, -0.15) is 0 Å². The summed E-state index contributed by atoms with van der Waals surface area (Å²) in [7, 11) is 0. The zero-order valence-electron chi connectivity index (χ0n) is 33.4. The molecule has 2 aliphatic heterocycles. The van der Waals surface area contributed by atoms with Gasteiger partial charge in [-0.3, -0.25) is 4.90 Å². The first-order valence-corrected chi connectivity index (χ1v) is 21.8. The van der Waals surface area contributed by atoms with Gasteiger partial charge in [-0.05, 0) is 89.0 Å². The fraction of sp³-hybridized carbons (Fsp3) is 0.0357. The van der Waals surface area contributed by atoms with E-state index in [1.54, 1.807) is 11.3 Å². The van der Waals surface area contributed by atoms with Crippen LogP contribution in [0.5, 0.6) is 17.2 Å². The molecule has 0 saturated heterocycles. The van der Waals surface area contributed by atoms with Gasteiger partial charge in [0.25, 0.3) is 6.35 Å². The van der Waals surface area contributed by atoms with E-state index in [-0.39, 0.29) is 0 Å². The summed E-state index contributed by atoms with van der Waals surface area (Å²) in [6.07, 6.45) is -0.472. The van der Waals surface area contributed by atoms with Crippen LogP contribution in [-0.2, 0) is 5.41 Å². The Morgan fingerprint density at radius 1 is 0.452 bits per heavy atom. The van der Waals surface area contributed by atoms with Crippen molar-refractivity contribution in [2.24, 2.45) is 0 Å². The number of benzene rings is 9. The largest absolute Gasteiger partial charge is 0.455 e. The van der Waals surface area contributed by atoms with E-state index in [1.165, 1.54) is 37.7 Å². The Morgan fingerprint density at radius 2 is 1.03 bits per heavy atom. The van der Waals surface area contributed by atoms with Crippen LogP contribution in [0.25, 0.3) is 31.3 Å². The second-order valence-corrected chi connectivity index (χ2v) is 17.1. The maximum absolute atomic E-state index is 7.42. The van der Waals surface area contributed by atoms with E-state index in [4.69, 9.17) is 9.47 Å². The molecule has 0 radical (unpaired) electrons. The quantitative estimate of drug-likeness (QED) is 0.181. The molecule has 62 heavy (non-hydrogen) atoms. The predicted octanol–water partition coefficient (Wildman–Crippen LogP) is 14.9. The van der Waals surface area contributed by atoms with Gasteiger partial charge in [0.1, 0.15) is 17.2 Å². The van der Waals surface area contributed by atoms with E-state index in [0.717, 1.165) is 67.2 Å². The normalized spacial score (nSPS) is 14.8. The maximum atomic E-state index is 7.42. The summed E-state index contributed by atoms with van der Waals surface area (Å²) < 4.78 is 16.4. The zero-order chi connectivity index (χ0) is 40.8. The van der Waals surface area contributed by atoms with Gasteiger partial charge in [-0.1, -0.05) is 140 Å². The van der Waals surface area contributed by atoms with Crippen molar-refractivity contribution in [1.29, 1.82) is 0 Å². The highest BCUT2D eigenvalue weighted by molar-refractivity contribution is 7.26. The van der Waals surface area contributed by atoms with Gasteiger partial charge in [0.05, 0.1) is 21.5 Å². The van der Waals surface area contributed by atoms with Crippen LogP contribution in [0, 0.1) is 0 Å². The lowest BCUT2D eigenvalue weighted by molar-refractivity contribution is 0.259. The average molecular weight is 816 g/mol. The minimum absolute atomic E-state index is 0.472. The van der Waals surface area contributed by atoms with Crippen LogP contribution in [0.4, 0.5) is 34.1 Å². The lowest BCUT2D eigenvalue weighted by Crippen LogP contribution is -2.39. The van der Waals surface area contributed by atoms with Crippen molar-refractivity contribution in [1.82, 2.24) is 0 Å². The number of hydrogen-bond donors (Lipinski definition) is 1. The maximum Gasteiger partial charge on any atom is 0.255 e. The molecule has 1 atom stereocenters. The average Bonchev–Trinajstić information content (AvgIpc) is 4.02. The zero-order valence-corrected chi connectivity index (χ0v) is 34.2. The van der Waals surface area contributed by atoms with E-state index in [2.05, 4.69) is 203 Å². The van der Waals surface area contributed by atoms with Crippen molar-refractivity contribution in [2.45, 2.75) is 11.8 Å². The number of para-hydroxylation sites is 5. The van der Waals surface area contributed by atoms with Crippen LogP contribution >= 0.6 is 11.3 Å². The number of anilines is 6. The highest BCUT2D eigenvalue weighted by Crippen LogP contribution is 2.64. The molecule has 0 fully saturated rings. The molecular formula is C56H37N3O2S. The standard InChI is InChI=1S/C56H37N3O2S/c1-4-16-36(17-5-1)58(37-18-6-2-7-19-37)40-28-30-43-44-31-33-48-53(54(44)62-52(43)35-40)60-51-34-39(59(38-20-8-3-9-21-38)55-57-49-26-14-15-27-50(49)61-55)29-32-47(51)56(48)45-24-12-10-22-41(45)42-23-11-13-25-46(42)56/h1-35,55,57H. The Hall–Kier alpha value is -7.80. The van der Waals surface area contributed by atoms with E-state index in [9.17, 15) is 0 Å². The fourth-order valence-corrected chi connectivity index (χ4v) is 11.4. The number of hydrogen-bond acceptors (Lipinski definition) is 6. The van der Waals surface area contributed by atoms with Crippen LogP contribution in [-0.4, -0.2) is 6.35 Å². The molecule has 13 rings (SSSR count). The van der Waals surface area contributed by atoms with E-state index >= 15 is 0 Å². The molecule has 6 heteroatoms. The van der Waals surface area contributed by atoms with Gasteiger partial charge in [-0.15, -0.1) is 11.3 Å². The molecule has 1 N–H and O–H groups in total. The number of rotatable bonds is 6. The van der Waals surface area contributed by atoms with Gasteiger partial charge in [0, 0.05) is 55.4 Å². The molecule has 10 aromatic rings. The first-order chi connectivity index (χ1) is 30.7. The molecule has 9 aromatic carbocycles. The molecule has 5 nitrogen and oxygen atoms in total. The third kappa shape index (κ3) is 5.08. The second-order valence-electron chi connectivity index (χ2n) is 16.0. The van der Waals surface area contributed by atoms with Crippen LogP contribution in [0.2, 0.25) is 0 Å². The predicted molar refractivity (Wildman–Crippen MR) is 254 cm³/mol. The lowest BCUT2D eigenvalue weighted by atomic mass is 9.66. The summed E-state index contributed by atoms with van der Waals surface area (Å²) in [5.41, 5.74) is 12.9. The molecule has 294 valence electrons. The van der Waals surface area contributed by atoms with Gasteiger partial charge >= 0.3 is 0 Å². The molecule has 1 unspecified atom stereocenters. The molecule has 3 heterocycles. The van der Waals surface area contributed by atoms with Gasteiger partial charge < -0.3 is 19.7 Å². The molecule has 0 bridgehead atoms. The van der Waals surface area contributed by atoms with Crippen molar-refractivity contribution >= 4 is 65.6 Å². The molecule has 0 saturated carbocycles. The van der Waals surface area contributed by atoms with E-state index in [0.29, 0.717) is 0 Å². The highest BCUT2D eigenvalue weighted by Gasteiger charge is 2.51. The summed E-state index contributed by atoms with van der Waals surface area (Å²) in [5.74, 6) is 2.55. The molecule has 1 spiro atoms. The molecule has 0 amide bonds.